The molecule has 98 heavy (non-hydrogen) atoms. The maximum Gasteiger partial charge on any atom is 0.303 e. The molecule has 19 atom stereocenters. The Morgan fingerprint density at radius 2 is 0.796 bits per heavy atom. The highest BCUT2D eigenvalue weighted by molar-refractivity contribution is 5.66. The first-order chi connectivity index (χ1) is 46.2. The Labute approximate surface area is 620 Å². The van der Waals surface area contributed by atoms with Crippen LogP contribution in [0.25, 0.3) is 0 Å². The zero-order valence-corrected chi connectivity index (χ0v) is 72.4. The first-order valence-corrected chi connectivity index (χ1v) is 43.5. The average Bonchev–Trinajstić information content (AvgIpc) is 1.63. The van der Waals surface area contributed by atoms with Gasteiger partial charge < -0.3 is 29.9 Å². The molecule has 0 spiro atoms. The molecule has 8 saturated carbocycles. The van der Waals surface area contributed by atoms with E-state index < -0.39 is 17.8 Å². The predicted molar refractivity (Wildman–Crippen MR) is 440 cm³/mol. The number of hydrogen-bond donors (Lipinski definition) is 4. The van der Waals surface area contributed by atoms with Gasteiger partial charge in [-0.15, -0.1) is 0 Å². The third kappa shape index (κ3) is 50.5. The minimum atomic E-state index is -0.593. The highest BCUT2D eigenvalue weighted by Gasteiger charge is 2.49. The molecule has 7 nitrogen and oxygen atoms in total. The van der Waals surface area contributed by atoms with Crippen LogP contribution in [0.1, 0.15) is 429 Å². The van der Waals surface area contributed by atoms with E-state index in [4.69, 9.17) is 29.9 Å². The zero-order valence-electron chi connectivity index (χ0n) is 72.4. The third-order valence-electron chi connectivity index (χ3n) is 25.6. The van der Waals surface area contributed by atoms with E-state index in [0.717, 1.165) is 109 Å². The molecular weight excluding hydrogens is 1200 g/mol. The number of unbranched alkanes of at least 4 members (excludes halogenated alkanes) is 5. The Balaban J connectivity index is -0.000000241. The van der Waals surface area contributed by atoms with Crippen molar-refractivity contribution >= 4 is 5.97 Å². The Bertz CT molecular complexity index is 1660. The molecule has 19 unspecified atom stereocenters. The summed E-state index contributed by atoms with van der Waals surface area (Å²) in [6.45, 7) is 63.0. The molecule has 0 radical (unpaired) electrons. The average molecular weight is 1400 g/mol. The number of epoxide rings is 1. The lowest BCUT2D eigenvalue weighted by Gasteiger charge is -2.25. The monoisotopic (exact) mass is 1400 g/mol. The quantitative estimate of drug-likeness (QED) is 0.0592. The van der Waals surface area contributed by atoms with Crippen molar-refractivity contribution in [3.63, 3.8) is 0 Å². The van der Waals surface area contributed by atoms with E-state index in [1.807, 2.05) is 76.2 Å². The molecule has 9 aliphatic carbocycles. The molecule has 0 aromatic heterocycles. The van der Waals surface area contributed by atoms with Gasteiger partial charge in [-0.25, -0.2) is 0 Å². The summed E-state index contributed by atoms with van der Waals surface area (Å²) in [5.41, 5.74) is -0.661. The number of rotatable bonds is 14. The minimum absolute atomic E-state index is 0. The fourth-order valence-electron chi connectivity index (χ4n) is 14.8. The van der Waals surface area contributed by atoms with Crippen LogP contribution in [-0.4, -0.2) is 68.1 Å². The fraction of sp³-hybridized carbons (Fsp3) is 0.967. The van der Waals surface area contributed by atoms with Crippen LogP contribution >= 0.6 is 0 Å². The molecule has 1 aliphatic heterocycles. The zero-order chi connectivity index (χ0) is 76.1. The number of carbonyl (C=O) groups is 1. The summed E-state index contributed by atoms with van der Waals surface area (Å²) in [5, 5.41) is 34.3. The topological polar surface area (TPSA) is 120 Å². The molecule has 0 aromatic rings. The second-order valence-corrected chi connectivity index (χ2v) is 33.8. The van der Waals surface area contributed by atoms with Crippen molar-refractivity contribution in [3.8, 4) is 0 Å². The second kappa shape index (κ2) is 62.2. The first-order valence-electron chi connectivity index (χ1n) is 43.5. The van der Waals surface area contributed by atoms with Gasteiger partial charge in [0.1, 0.15) is 5.60 Å². The smallest absolute Gasteiger partial charge is 0.303 e. The first kappa shape index (κ1) is 103. The molecule has 1 heterocycles. The Kier molecular flexibility index (Phi) is 65.6. The molecule has 9 fully saturated rings. The van der Waals surface area contributed by atoms with Crippen LogP contribution in [0.5, 0.6) is 0 Å². The summed E-state index contributed by atoms with van der Waals surface area (Å²) in [4.78, 5) is 10.6. The standard InChI is InChI=1S/C10H16.C9H16.C8H16O2.C8H14O.2C8H16.C8H14.C8H18.C6H14O.C6H14.C4H10O2.C4H10O.2C2H6.2H2/c1-2-9-7-4-5-8(6-7)10(9)3-1;1-6-7(2)9-4-3-8(6)5-9;1-5-8(4,6-2)10-7(3)9;1-5-3-7-8(9-7)4-6(5)2;1-7-3-5-8(2)6-4-7;2*1-7-5-3-4-6-8(7)2;1-3-5-7-8-6-4-2;1-4-6(3,7)5-2;1-4-6(3)5-2;1-3(5)4(2)6;1-3-4(2)5;2*1-2;;/h7-10H,1-6H2;6-9H,3-5H2,1-2H3;5-6H2,1-4H3;5-8H,3-4H2,1-2H3;2*7-8H,3-6H2,1-2H3;3-4,7-8H,5-6H2,1-2H3;3-8H2,1-2H3;7H,4-5H2,1-3H3;6H,4-5H2,1-3H3;3-6H,1-2H3;4-5H,3H2,1-2H3;2*1-2H3;2*1H. The van der Waals surface area contributed by atoms with Crippen LogP contribution < -0.4 is 0 Å². The van der Waals surface area contributed by atoms with E-state index in [-0.39, 0.29) is 20.5 Å². The van der Waals surface area contributed by atoms with Crippen molar-refractivity contribution in [2.75, 3.05) is 0 Å². The molecule has 4 N–H and O–H groups in total. The molecule has 0 amide bonds. The summed E-state index contributed by atoms with van der Waals surface area (Å²) in [5.74, 6) is 17.5. The molecule has 10 rings (SSSR count). The summed E-state index contributed by atoms with van der Waals surface area (Å²) < 4.78 is 10.5. The molecule has 4 bridgehead atoms. The van der Waals surface area contributed by atoms with E-state index in [1.165, 1.54) is 172 Å². The summed E-state index contributed by atoms with van der Waals surface area (Å²) in [6, 6.07) is 0. The number of ether oxygens (including phenoxy) is 2. The van der Waals surface area contributed by atoms with Gasteiger partial charge in [0.2, 0.25) is 0 Å². The highest BCUT2D eigenvalue weighted by Crippen LogP contribution is 2.58. The van der Waals surface area contributed by atoms with E-state index in [1.54, 1.807) is 65.7 Å². The molecule has 1 saturated heterocycles. The lowest BCUT2D eigenvalue weighted by molar-refractivity contribution is -0.155. The van der Waals surface area contributed by atoms with Crippen molar-refractivity contribution in [2.45, 2.75) is 468 Å². The summed E-state index contributed by atoms with van der Waals surface area (Å²) in [7, 11) is 0. The normalized spacial score (nSPS) is 31.4. The van der Waals surface area contributed by atoms with Crippen LogP contribution in [0.15, 0.2) is 12.2 Å². The largest absolute Gasteiger partial charge is 0.460 e. The summed E-state index contributed by atoms with van der Waals surface area (Å²) in [6.07, 6.45) is 51.3. The predicted octanol–water partition coefficient (Wildman–Crippen LogP) is 28.2. The molecule has 0 aromatic carbocycles. The van der Waals surface area contributed by atoms with Crippen molar-refractivity contribution in [2.24, 2.45) is 101 Å². The Morgan fingerprint density at radius 1 is 0.459 bits per heavy atom. The maximum absolute atomic E-state index is 10.6. The van der Waals surface area contributed by atoms with Gasteiger partial charge in [-0.2, -0.15) is 0 Å². The Hall–Kier alpha value is -0.990. The van der Waals surface area contributed by atoms with Crippen molar-refractivity contribution in [3.05, 3.63) is 12.2 Å². The molecule has 7 heteroatoms. The molecular formula is C91H190O7. The Morgan fingerprint density at radius 3 is 1.01 bits per heavy atom. The fourth-order valence-corrected chi connectivity index (χ4v) is 14.8. The van der Waals surface area contributed by atoms with Crippen LogP contribution in [0, 0.1) is 101 Å². The van der Waals surface area contributed by atoms with Crippen molar-refractivity contribution in [1.82, 2.24) is 0 Å². The number of hydrogen-bond acceptors (Lipinski definition) is 7. The van der Waals surface area contributed by atoms with Crippen LogP contribution in [-0.2, 0) is 14.3 Å². The van der Waals surface area contributed by atoms with E-state index in [0.29, 0.717) is 12.2 Å². The maximum atomic E-state index is 10.6. The number of carbonyl (C=O) groups excluding carboxylic acids is 1. The van der Waals surface area contributed by atoms with Gasteiger partial charge >= 0.3 is 5.97 Å². The van der Waals surface area contributed by atoms with Crippen molar-refractivity contribution < 1.29 is 37.5 Å². The van der Waals surface area contributed by atoms with Gasteiger partial charge in [0.05, 0.1) is 36.1 Å². The third-order valence-corrected chi connectivity index (χ3v) is 25.6. The van der Waals surface area contributed by atoms with E-state index >= 15 is 0 Å². The summed E-state index contributed by atoms with van der Waals surface area (Å²) >= 11 is 0. The van der Waals surface area contributed by atoms with Crippen LogP contribution in [0.3, 0.4) is 0 Å². The lowest BCUT2D eigenvalue weighted by atomic mass is 9.82. The van der Waals surface area contributed by atoms with Crippen molar-refractivity contribution in [1.29, 1.82) is 0 Å². The minimum Gasteiger partial charge on any atom is -0.460 e. The highest BCUT2D eigenvalue weighted by atomic mass is 16.6. The number of allylic oxidation sites excluding steroid dienone is 2. The lowest BCUT2D eigenvalue weighted by Crippen LogP contribution is -2.28. The van der Waals surface area contributed by atoms with Crippen LogP contribution in [0.2, 0.25) is 0 Å². The number of fused-ring (bicyclic) bond motifs is 8. The second-order valence-electron chi connectivity index (χ2n) is 33.8. The SMILES string of the molecule is C1CC2C3CCC(C3)C2C1.CC.CC.CC(O)C(C)O.CC1C2CCC(C2)C1C.CC1CC2OC2CC1C.CC1CC=CCC1C.CC1CCC(C)CC1.CC1CCCCC1C.CCC(C)(CC)OC(C)=O.CCC(C)(O)CC.CCC(C)CC.CCC(C)O.CCCCCCCC.[HH].[HH]. The molecule has 596 valence electrons. The number of aliphatic hydroxyl groups is 4. The number of esters is 1. The van der Waals surface area contributed by atoms with E-state index in [2.05, 4.69) is 116 Å². The van der Waals surface area contributed by atoms with Gasteiger partial charge in [-0.05, 0) is 244 Å². The van der Waals surface area contributed by atoms with Crippen LogP contribution in [0.4, 0.5) is 0 Å². The van der Waals surface area contributed by atoms with Gasteiger partial charge in [-0.3, -0.25) is 4.79 Å². The van der Waals surface area contributed by atoms with Gasteiger partial charge in [0, 0.05) is 9.78 Å². The van der Waals surface area contributed by atoms with Gasteiger partial charge in [0.15, 0.2) is 0 Å². The number of aliphatic hydroxyl groups excluding tert-OH is 3. The van der Waals surface area contributed by atoms with E-state index in [9.17, 15) is 4.79 Å². The van der Waals surface area contributed by atoms with Gasteiger partial charge in [0.25, 0.3) is 0 Å². The van der Waals surface area contributed by atoms with Gasteiger partial charge in [-0.1, -0.05) is 287 Å². The molecule has 10 aliphatic rings.